The number of esters is 1. The molecule has 1 saturated carbocycles. The Morgan fingerprint density at radius 1 is 1.32 bits per heavy atom. The molecular formula is C15H19NO3. The lowest BCUT2D eigenvalue weighted by molar-refractivity contribution is -0.154. The first-order valence-corrected chi connectivity index (χ1v) is 6.56. The standard InChI is InChI=1S/C15H19NO3/c1-9-4-5-10(2)13(8-9)16-14(17)11(3)19-15(18)12-6-7-12/h4-5,8,11-12H,6-7H2,1-3H3,(H,16,17)/t11-/m0/s1. The van der Waals surface area contributed by atoms with Gasteiger partial charge in [-0.25, -0.2) is 0 Å². The van der Waals surface area contributed by atoms with Gasteiger partial charge in [0, 0.05) is 5.69 Å². The molecule has 1 amide bonds. The third kappa shape index (κ3) is 3.56. The second-order valence-electron chi connectivity index (χ2n) is 5.16. The van der Waals surface area contributed by atoms with Crippen LogP contribution in [0.1, 0.15) is 30.9 Å². The van der Waals surface area contributed by atoms with Gasteiger partial charge in [0.05, 0.1) is 5.92 Å². The number of carbonyl (C=O) groups is 2. The van der Waals surface area contributed by atoms with Crippen LogP contribution in [0.5, 0.6) is 0 Å². The van der Waals surface area contributed by atoms with Gasteiger partial charge in [0.1, 0.15) is 0 Å². The van der Waals surface area contributed by atoms with Crippen molar-refractivity contribution in [3.8, 4) is 0 Å². The molecular weight excluding hydrogens is 242 g/mol. The Kier molecular flexibility index (Phi) is 3.88. The Hall–Kier alpha value is -1.84. The molecule has 0 aliphatic heterocycles. The Labute approximate surface area is 113 Å². The lowest BCUT2D eigenvalue weighted by Crippen LogP contribution is -2.30. The van der Waals surface area contributed by atoms with E-state index < -0.39 is 6.10 Å². The highest BCUT2D eigenvalue weighted by Crippen LogP contribution is 2.30. The highest BCUT2D eigenvalue weighted by atomic mass is 16.5. The minimum Gasteiger partial charge on any atom is -0.452 e. The number of nitrogens with one attached hydrogen (secondary N) is 1. The van der Waals surface area contributed by atoms with Crippen molar-refractivity contribution in [3.05, 3.63) is 29.3 Å². The van der Waals surface area contributed by atoms with Crippen LogP contribution in [-0.4, -0.2) is 18.0 Å². The Balaban J connectivity index is 1.95. The van der Waals surface area contributed by atoms with Crippen LogP contribution in [0.25, 0.3) is 0 Å². The van der Waals surface area contributed by atoms with E-state index in [0.29, 0.717) is 0 Å². The Morgan fingerprint density at radius 2 is 2.00 bits per heavy atom. The monoisotopic (exact) mass is 261 g/mol. The van der Waals surface area contributed by atoms with Crippen molar-refractivity contribution >= 4 is 17.6 Å². The summed E-state index contributed by atoms with van der Waals surface area (Å²) in [6.45, 7) is 5.49. The highest BCUT2D eigenvalue weighted by molar-refractivity contribution is 5.95. The number of anilines is 1. The summed E-state index contributed by atoms with van der Waals surface area (Å²) in [5.41, 5.74) is 2.82. The molecule has 0 spiro atoms. The van der Waals surface area contributed by atoms with Crippen LogP contribution in [0, 0.1) is 19.8 Å². The minimum absolute atomic E-state index is 0.0101. The van der Waals surface area contributed by atoms with Gasteiger partial charge in [0.15, 0.2) is 6.10 Å². The van der Waals surface area contributed by atoms with Crippen molar-refractivity contribution in [1.82, 2.24) is 0 Å². The second-order valence-corrected chi connectivity index (χ2v) is 5.16. The van der Waals surface area contributed by atoms with Gasteiger partial charge in [-0.15, -0.1) is 0 Å². The van der Waals surface area contributed by atoms with Crippen LogP contribution >= 0.6 is 0 Å². The van der Waals surface area contributed by atoms with Crippen LogP contribution in [0.4, 0.5) is 5.69 Å². The van der Waals surface area contributed by atoms with Gasteiger partial charge in [0.25, 0.3) is 5.91 Å². The average molecular weight is 261 g/mol. The third-order valence-corrected chi connectivity index (χ3v) is 3.22. The fourth-order valence-corrected chi connectivity index (χ4v) is 1.75. The van der Waals surface area contributed by atoms with Gasteiger partial charge in [-0.1, -0.05) is 12.1 Å². The quantitative estimate of drug-likeness (QED) is 0.847. The molecule has 1 aromatic carbocycles. The summed E-state index contributed by atoms with van der Waals surface area (Å²) in [6, 6.07) is 5.84. The molecule has 1 aliphatic carbocycles. The lowest BCUT2D eigenvalue weighted by Gasteiger charge is -2.15. The Bertz CT molecular complexity index is 506. The molecule has 1 atom stereocenters. The number of hydrogen-bond acceptors (Lipinski definition) is 3. The maximum absolute atomic E-state index is 12.0. The fourth-order valence-electron chi connectivity index (χ4n) is 1.75. The molecule has 1 aliphatic rings. The number of benzene rings is 1. The number of amides is 1. The van der Waals surface area contributed by atoms with E-state index in [9.17, 15) is 9.59 Å². The number of carbonyl (C=O) groups excluding carboxylic acids is 2. The van der Waals surface area contributed by atoms with Crippen LogP contribution in [-0.2, 0) is 14.3 Å². The predicted octanol–water partition coefficient (Wildman–Crippen LogP) is 2.58. The molecule has 0 radical (unpaired) electrons. The number of rotatable bonds is 4. The molecule has 1 fully saturated rings. The normalized spacial score (nSPS) is 15.7. The smallest absolute Gasteiger partial charge is 0.309 e. The maximum atomic E-state index is 12.0. The first-order valence-electron chi connectivity index (χ1n) is 6.56. The topological polar surface area (TPSA) is 55.4 Å². The van der Waals surface area contributed by atoms with Gasteiger partial charge < -0.3 is 10.1 Å². The highest BCUT2D eigenvalue weighted by Gasteiger charge is 2.33. The van der Waals surface area contributed by atoms with E-state index in [-0.39, 0.29) is 17.8 Å². The molecule has 1 aromatic rings. The molecule has 2 rings (SSSR count). The molecule has 4 heteroatoms. The van der Waals surface area contributed by atoms with Gasteiger partial charge in [-0.2, -0.15) is 0 Å². The molecule has 19 heavy (non-hydrogen) atoms. The van der Waals surface area contributed by atoms with Crippen LogP contribution < -0.4 is 5.32 Å². The zero-order valence-electron chi connectivity index (χ0n) is 11.5. The van der Waals surface area contributed by atoms with E-state index in [2.05, 4.69) is 5.32 Å². The summed E-state index contributed by atoms with van der Waals surface area (Å²) in [4.78, 5) is 23.5. The molecule has 0 saturated heterocycles. The summed E-state index contributed by atoms with van der Waals surface area (Å²) in [7, 11) is 0. The largest absolute Gasteiger partial charge is 0.452 e. The van der Waals surface area contributed by atoms with Gasteiger partial charge in [-0.3, -0.25) is 9.59 Å². The van der Waals surface area contributed by atoms with E-state index in [1.165, 1.54) is 0 Å². The van der Waals surface area contributed by atoms with E-state index >= 15 is 0 Å². The summed E-state index contributed by atoms with van der Waals surface area (Å²) in [5.74, 6) is -0.540. The van der Waals surface area contributed by atoms with E-state index in [1.54, 1.807) is 6.92 Å². The summed E-state index contributed by atoms with van der Waals surface area (Å²) < 4.78 is 5.13. The van der Waals surface area contributed by atoms with Gasteiger partial charge in [-0.05, 0) is 50.8 Å². The van der Waals surface area contributed by atoms with E-state index in [0.717, 1.165) is 29.7 Å². The van der Waals surface area contributed by atoms with Crippen LogP contribution in [0.3, 0.4) is 0 Å². The number of hydrogen-bond donors (Lipinski definition) is 1. The molecule has 1 N–H and O–H groups in total. The molecule has 0 heterocycles. The van der Waals surface area contributed by atoms with Crippen molar-refractivity contribution in [1.29, 1.82) is 0 Å². The predicted molar refractivity (Wildman–Crippen MR) is 72.8 cm³/mol. The average Bonchev–Trinajstić information content (AvgIpc) is 3.17. The van der Waals surface area contributed by atoms with Crippen molar-refractivity contribution in [3.63, 3.8) is 0 Å². The molecule has 102 valence electrons. The molecule has 0 aromatic heterocycles. The fraction of sp³-hybridized carbons (Fsp3) is 0.467. The minimum atomic E-state index is -0.756. The number of ether oxygens (including phenoxy) is 1. The van der Waals surface area contributed by atoms with Crippen LogP contribution in [0.2, 0.25) is 0 Å². The first-order chi connectivity index (χ1) is 8.97. The zero-order valence-corrected chi connectivity index (χ0v) is 11.5. The van der Waals surface area contributed by atoms with Crippen LogP contribution in [0.15, 0.2) is 18.2 Å². The van der Waals surface area contributed by atoms with Crippen molar-refractivity contribution in [2.45, 2.75) is 39.7 Å². The number of aryl methyl sites for hydroxylation is 2. The second kappa shape index (κ2) is 5.43. The van der Waals surface area contributed by atoms with Gasteiger partial charge in [0.2, 0.25) is 0 Å². The first kappa shape index (κ1) is 13.6. The Morgan fingerprint density at radius 3 is 2.63 bits per heavy atom. The molecule has 4 nitrogen and oxygen atoms in total. The van der Waals surface area contributed by atoms with E-state index in [1.807, 2.05) is 32.0 Å². The summed E-state index contributed by atoms with van der Waals surface area (Å²) >= 11 is 0. The maximum Gasteiger partial charge on any atom is 0.309 e. The van der Waals surface area contributed by atoms with Crippen molar-refractivity contribution in [2.24, 2.45) is 5.92 Å². The SMILES string of the molecule is Cc1ccc(C)c(NC(=O)[C@H](C)OC(=O)C2CC2)c1. The molecule has 0 bridgehead atoms. The molecule has 0 unspecified atom stereocenters. The zero-order chi connectivity index (χ0) is 14.0. The third-order valence-electron chi connectivity index (χ3n) is 3.22. The summed E-state index contributed by atoms with van der Waals surface area (Å²) in [5, 5.41) is 2.80. The lowest BCUT2D eigenvalue weighted by atomic mass is 10.1. The van der Waals surface area contributed by atoms with Crippen molar-refractivity contribution in [2.75, 3.05) is 5.32 Å². The van der Waals surface area contributed by atoms with Crippen molar-refractivity contribution < 1.29 is 14.3 Å². The van der Waals surface area contributed by atoms with Gasteiger partial charge >= 0.3 is 5.97 Å². The van der Waals surface area contributed by atoms with E-state index in [4.69, 9.17) is 4.74 Å². The summed E-state index contributed by atoms with van der Waals surface area (Å²) in [6.07, 6.45) is 1.00.